The number of aliphatic hydroxyl groups is 1. The van der Waals surface area contributed by atoms with E-state index in [2.05, 4.69) is 15.6 Å². The predicted octanol–water partition coefficient (Wildman–Crippen LogP) is 2.83. The number of hydrogen-bond donors (Lipinski definition) is 3. The minimum atomic E-state index is -0.399. The first kappa shape index (κ1) is 17.9. The fourth-order valence-electron chi connectivity index (χ4n) is 2.30. The van der Waals surface area contributed by atoms with Crippen LogP contribution in [0, 0.1) is 5.92 Å². The molecule has 1 heterocycles. The quantitative estimate of drug-likeness (QED) is 0.697. The Morgan fingerprint density at radius 2 is 2.00 bits per heavy atom. The molecule has 2 aromatic rings. The van der Waals surface area contributed by atoms with Gasteiger partial charge in [0.05, 0.1) is 11.7 Å². The van der Waals surface area contributed by atoms with Crippen LogP contribution in [-0.2, 0) is 6.54 Å². The maximum absolute atomic E-state index is 12.4. The van der Waals surface area contributed by atoms with Crippen LogP contribution in [0.15, 0.2) is 48.8 Å². The van der Waals surface area contributed by atoms with Gasteiger partial charge in [0.2, 0.25) is 0 Å². The van der Waals surface area contributed by atoms with Crippen LogP contribution in [0.1, 0.15) is 36.2 Å². The lowest BCUT2D eigenvalue weighted by Crippen LogP contribution is -2.29. The molecule has 5 heteroatoms. The minimum Gasteiger partial charge on any atom is -0.393 e. The first-order chi connectivity index (χ1) is 11.6. The highest BCUT2D eigenvalue weighted by Gasteiger charge is 2.13. The number of nitrogens with zero attached hydrogens (tertiary/aromatic N) is 1. The molecule has 0 aliphatic rings. The zero-order valence-electron chi connectivity index (χ0n) is 14.2. The van der Waals surface area contributed by atoms with Gasteiger partial charge in [-0.3, -0.25) is 9.78 Å². The highest BCUT2D eigenvalue weighted by atomic mass is 16.3. The molecule has 3 N–H and O–H groups in total. The van der Waals surface area contributed by atoms with Crippen molar-refractivity contribution in [2.45, 2.75) is 32.9 Å². The van der Waals surface area contributed by atoms with Gasteiger partial charge in [-0.15, -0.1) is 0 Å². The molecule has 1 atom stereocenters. The summed E-state index contributed by atoms with van der Waals surface area (Å²) in [4.78, 5) is 16.5. The van der Waals surface area contributed by atoms with E-state index in [1.807, 2.05) is 44.2 Å². The van der Waals surface area contributed by atoms with Gasteiger partial charge < -0.3 is 15.7 Å². The number of nitrogens with one attached hydrogen (secondary N) is 2. The summed E-state index contributed by atoms with van der Waals surface area (Å²) in [5.74, 6) is 0.0515. The monoisotopic (exact) mass is 327 g/mol. The van der Waals surface area contributed by atoms with E-state index in [0.717, 1.165) is 11.3 Å². The minimum absolute atomic E-state index is 0.139. The average molecular weight is 327 g/mol. The summed E-state index contributed by atoms with van der Waals surface area (Å²) in [6.07, 6.45) is 3.68. The molecule has 1 unspecified atom stereocenters. The Hall–Kier alpha value is -2.40. The third kappa shape index (κ3) is 5.35. The van der Waals surface area contributed by atoms with E-state index in [-0.39, 0.29) is 11.8 Å². The van der Waals surface area contributed by atoms with E-state index in [1.54, 1.807) is 18.5 Å². The lowest BCUT2D eigenvalue weighted by molar-refractivity contribution is 0.0921. The highest BCUT2D eigenvalue weighted by molar-refractivity contribution is 5.99. The summed E-state index contributed by atoms with van der Waals surface area (Å²) in [5, 5.41) is 16.0. The van der Waals surface area contributed by atoms with Gasteiger partial charge in [-0.05, 0) is 36.1 Å². The molecule has 1 aromatic heterocycles. The molecule has 24 heavy (non-hydrogen) atoms. The van der Waals surface area contributed by atoms with Gasteiger partial charge in [-0.1, -0.05) is 32.0 Å². The summed E-state index contributed by atoms with van der Waals surface area (Å²) in [6, 6.07) is 11.3. The molecule has 0 spiro atoms. The molecule has 0 bridgehead atoms. The summed E-state index contributed by atoms with van der Waals surface area (Å²) in [5.41, 5.74) is 2.43. The summed E-state index contributed by atoms with van der Waals surface area (Å²) in [6.45, 7) is 4.98. The number of aromatic nitrogens is 1. The second-order valence-electron chi connectivity index (χ2n) is 6.12. The zero-order valence-corrected chi connectivity index (χ0v) is 14.2. The van der Waals surface area contributed by atoms with Gasteiger partial charge in [-0.25, -0.2) is 0 Å². The van der Waals surface area contributed by atoms with E-state index in [4.69, 9.17) is 0 Å². The Morgan fingerprint density at radius 3 is 2.71 bits per heavy atom. The second kappa shape index (κ2) is 9.03. The molecule has 0 saturated carbocycles. The summed E-state index contributed by atoms with van der Waals surface area (Å²) in [7, 11) is 0. The largest absolute Gasteiger partial charge is 0.393 e. The smallest absolute Gasteiger partial charge is 0.253 e. The van der Waals surface area contributed by atoms with Crippen molar-refractivity contribution in [1.82, 2.24) is 10.3 Å². The molecule has 0 radical (unpaired) electrons. The van der Waals surface area contributed by atoms with Crippen molar-refractivity contribution < 1.29 is 9.90 Å². The van der Waals surface area contributed by atoms with Crippen molar-refractivity contribution >= 4 is 11.6 Å². The van der Waals surface area contributed by atoms with Gasteiger partial charge >= 0.3 is 0 Å². The molecular weight excluding hydrogens is 302 g/mol. The number of hydrogen-bond acceptors (Lipinski definition) is 4. The molecule has 2 rings (SSSR count). The van der Waals surface area contributed by atoms with Crippen LogP contribution in [0.5, 0.6) is 0 Å². The van der Waals surface area contributed by atoms with Gasteiger partial charge in [0, 0.05) is 31.2 Å². The highest BCUT2D eigenvalue weighted by Crippen LogP contribution is 2.16. The number of carbonyl (C=O) groups excluding carboxylic acids is 1. The second-order valence-corrected chi connectivity index (χ2v) is 6.12. The molecule has 0 aliphatic heterocycles. The summed E-state index contributed by atoms with van der Waals surface area (Å²) < 4.78 is 0. The van der Waals surface area contributed by atoms with E-state index < -0.39 is 6.10 Å². The van der Waals surface area contributed by atoms with Gasteiger partial charge in [0.1, 0.15) is 0 Å². The standard InChI is InChI=1S/C19H25N3O2/c1-14(2)18(23)9-11-21-19(24)16-7-3-4-8-17(16)22-13-15-6-5-10-20-12-15/h3-8,10,12,14,18,22-23H,9,11,13H2,1-2H3,(H,21,24). The SMILES string of the molecule is CC(C)C(O)CCNC(=O)c1ccccc1NCc1cccnc1. The molecule has 1 aromatic carbocycles. The Labute approximate surface area is 143 Å². The Balaban J connectivity index is 1.93. The molecule has 5 nitrogen and oxygen atoms in total. The van der Waals surface area contributed by atoms with E-state index >= 15 is 0 Å². The number of anilines is 1. The normalized spacial score (nSPS) is 12.0. The van der Waals surface area contributed by atoms with Gasteiger partial charge in [-0.2, -0.15) is 0 Å². The van der Waals surface area contributed by atoms with Crippen LogP contribution < -0.4 is 10.6 Å². The van der Waals surface area contributed by atoms with Crippen molar-refractivity contribution in [2.24, 2.45) is 5.92 Å². The van der Waals surface area contributed by atoms with Crippen LogP contribution in [-0.4, -0.2) is 28.6 Å². The number of carbonyl (C=O) groups is 1. The molecule has 128 valence electrons. The number of aliphatic hydroxyl groups excluding tert-OH is 1. The number of para-hydroxylation sites is 1. The first-order valence-corrected chi connectivity index (χ1v) is 8.26. The van der Waals surface area contributed by atoms with Crippen LogP contribution in [0.25, 0.3) is 0 Å². The number of benzene rings is 1. The maximum Gasteiger partial charge on any atom is 0.253 e. The number of rotatable bonds is 8. The maximum atomic E-state index is 12.4. The topological polar surface area (TPSA) is 74.2 Å². The number of amides is 1. The summed E-state index contributed by atoms with van der Waals surface area (Å²) >= 11 is 0. The van der Waals surface area contributed by atoms with Crippen molar-refractivity contribution in [3.63, 3.8) is 0 Å². The van der Waals surface area contributed by atoms with Crippen molar-refractivity contribution in [2.75, 3.05) is 11.9 Å². The zero-order chi connectivity index (χ0) is 17.4. The Kier molecular flexibility index (Phi) is 6.75. The molecular formula is C19H25N3O2. The number of pyridine rings is 1. The predicted molar refractivity (Wildman–Crippen MR) is 95.8 cm³/mol. The molecule has 1 amide bonds. The van der Waals surface area contributed by atoms with Crippen LogP contribution in [0.4, 0.5) is 5.69 Å². The third-order valence-electron chi connectivity index (χ3n) is 3.87. The molecule has 0 fully saturated rings. The van der Waals surface area contributed by atoms with Gasteiger partial charge in [0.15, 0.2) is 0 Å². The lowest BCUT2D eigenvalue weighted by atomic mass is 10.0. The van der Waals surface area contributed by atoms with Crippen LogP contribution in [0.2, 0.25) is 0 Å². The first-order valence-electron chi connectivity index (χ1n) is 8.26. The Morgan fingerprint density at radius 1 is 1.21 bits per heavy atom. The fourth-order valence-corrected chi connectivity index (χ4v) is 2.30. The fraction of sp³-hybridized carbons (Fsp3) is 0.368. The van der Waals surface area contributed by atoms with E-state index in [1.165, 1.54) is 0 Å². The van der Waals surface area contributed by atoms with Crippen molar-refractivity contribution in [3.8, 4) is 0 Å². The van der Waals surface area contributed by atoms with Crippen molar-refractivity contribution in [1.29, 1.82) is 0 Å². The molecule has 0 saturated heterocycles. The van der Waals surface area contributed by atoms with Crippen LogP contribution in [0.3, 0.4) is 0 Å². The Bertz CT molecular complexity index is 644. The average Bonchev–Trinajstić information content (AvgIpc) is 2.60. The lowest BCUT2D eigenvalue weighted by Gasteiger charge is -2.15. The van der Waals surface area contributed by atoms with E-state index in [0.29, 0.717) is 25.1 Å². The van der Waals surface area contributed by atoms with Crippen LogP contribution >= 0.6 is 0 Å². The third-order valence-corrected chi connectivity index (χ3v) is 3.87. The van der Waals surface area contributed by atoms with Crippen molar-refractivity contribution in [3.05, 3.63) is 59.9 Å². The van der Waals surface area contributed by atoms with E-state index in [9.17, 15) is 9.90 Å². The molecule has 0 aliphatic carbocycles. The van der Waals surface area contributed by atoms with Gasteiger partial charge in [0.25, 0.3) is 5.91 Å².